The van der Waals surface area contributed by atoms with E-state index in [1.165, 1.54) is 4.90 Å². The van der Waals surface area contributed by atoms with E-state index >= 15 is 0 Å². The van der Waals surface area contributed by atoms with Crippen molar-refractivity contribution in [2.24, 2.45) is 4.99 Å². The number of carbonyl (C=O) groups is 2. The fourth-order valence-corrected chi connectivity index (χ4v) is 2.44. The Labute approximate surface area is 118 Å². The molecule has 0 saturated carbocycles. The number of carbonyl (C=O) groups excluding carboxylic acids is 2. The van der Waals surface area contributed by atoms with Crippen LogP contribution in [0.5, 0.6) is 0 Å². The number of likely N-dealkylation sites (N-methyl/N-ethyl adjacent to an activating group) is 1. The summed E-state index contributed by atoms with van der Waals surface area (Å²) in [6.45, 7) is 6.95. The van der Waals surface area contributed by atoms with Gasteiger partial charge in [0.05, 0.1) is 6.54 Å². The summed E-state index contributed by atoms with van der Waals surface area (Å²) in [7, 11) is 1.67. The van der Waals surface area contributed by atoms with Crippen molar-refractivity contribution < 1.29 is 9.59 Å². The number of nitrogens with one attached hydrogen (secondary N) is 2. The minimum atomic E-state index is -0.423. The van der Waals surface area contributed by atoms with Crippen molar-refractivity contribution in [2.75, 3.05) is 20.1 Å². The highest BCUT2D eigenvalue weighted by Gasteiger charge is 2.49. The van der Waals surface area contributed by atoms with Crippen molar-refractivity contribution in [3.05, 3.63) is 12.7 Å². The van der Waals surface area contributed by atoms with Gasteiger partial charge in [0, 0.05) is 13.6 Å². The van der Waals surface area contributed by atoms with E-state index in [0.717, 1.165) is 19.4 Å². The molecule has 0 bridgehead atoms. The second kappa shape index (κ2) is 5.94. The number of aliphatic imine (C=N–C) groups is 1. The van der Waals surface area contributed by atoms with E-state index in [1.54, 1.807) is 13.1 Å². The van der Waals surface area contributed by atoms with Gasteiger partial charge < -0.3 is 15.1 Å². The number of hydrogen-bond acceptors (Lipinski definition) is 3. The third-order valence-electron chi connectivity index (χ3n) is 3.54. The van der Waals surface area contributed by atoms with Gasteiger partial charge in [0.1, 0.15) is 6.17 Å². The second-order valence-corrected chi connectivity index (χ2v) is 4.94. The number of imide groups is 1. The molecule has 2 heterocycles. The highest BCUT2D eigenvalue weighted by Crippen LogP contribution is 2.20. The first kappa shape index (κ1) is 14.4. The molecular formula is C13H21N5O2. The molecule has 2 N–H and O–H groups in total. The van der Waals surface area contributed by atoms with Crippen LogP contribution in [0.25, 0.3) is 0 Å². The van der Waals surface area contributed by atoms with Crippen LogP contribution in [0.15, 0.2) is 17.6 Å². The SMILES string of the molecule is C=CCN=C1NC2C(C(=O)NC(=O)N2C)N1CCCC. The molecule has 2 aliphatic rings. The Balaban J connectivity index is 2.26. The van der Waals surface area contributed by atoms with Crippen LogP contribution in [0.2, 0.25) is 0 Å². The van der Waals surface area contributed by atoms with E-state index < -0.39 is 6.04 Å². The lowest BCUT2D eigenvalue weighted by atomic mass is 10.1. The van der Waals surface area contributed by atoms with Crippen LogP contribution in [0.4, 0.5) is 4.79 Å². The van der Waals surface area contributed by atoms with Gasteiger partial charge in [-0.3, -0.25) is 10.1 Å². The molecule has 0 aromatic rings. The molecule has 2 rings (SSSR count). The summed E-state index contributed by atoms with van der Waals surface area (Å²) in [4.78, 5) is 31.6. The number of fused-ring (bicyclic) bond motifs is 1. The van der Waals surface area contributed by atoms with E-state index in [4.69, 9.17) is 0 Å². The molecule has 0 aromatic heterocycles. The highest BCUT2D eigenvalue weighted by molar-refractivity contribution is 6.04. The summed E-state index contributed by atoms with van der Waals surface area (Å²) in [5.74, 6) is 0.385. The van der Waals surface area contributed by atoms with Crippen molar-refractivity contribution in [2.45, 2.75) is 32.0 Å². The first-order valence-corrected chi connectivity index (χ1v) is 6.86. The fourth-order valence-electron chi connectivity index (χ4n) is 2.44. The van der Waals surface area contributed by atoms with Gasteiger partial charge in [0.25, 0.3) is 5.91 Å². The van der Waals surface area contributed by atoms with Crippen LogP contribution in [-0.2, 0) is 4.79 Å². The molecule has 20 heavy (non-hydrogen) atoms. The summed E-state index contributed by atoms with van der Waals surface area (Å²) in [5.41, 5.74) is 0. The first-order chi connectivity index (χ1) is 9.60. The number of rotatable bonds is 5. The summed E-state index contributed by atoms with van der Waals surface area (Å²) < 4.78 is 0. The van der Waals surface area contributed by atoms with Gasteiger partial charge in [-0.25, -0.2) is 9.79 Å². The molecule has 2 fully saturated rings. The number of amides is 3. The van der Waals surface area contributed by atoms with Crippen LogP contribution in [0.1, 0.15) is 19.8 Å². The van der Waals surface area contributed by atoms with Crippen LogP contribution in [0.3, 0.4) is 0 Å². The first-order valence-electron chi connectivity index (χ1n) is 6.86. The number of guanidine groups is 1. The fraction of sp³-hybridized carbons (Fsp3) is 0.615. The third kappa shape index (κ3) is 2.48. The predicted octanol–water partition coefficient (Wildman–Crippen LogP) is 0.110. The second-order valence-electron chi connectivity index (χ2n) is 4.94. The summed E-state index contributed by atoms with van der Waals surface area (Å²) in [6, 6.07) is -0.808. The third-order valence-corrected chi connectivity index (χ3v) is 3.54. The topological polar surface area (TPSA) is 77.0 Å². The lowest BCUT2D eigenvalue weighted by molar-refractivity contribution is -0.127. The van der Waals surface area contributed by atoms with E-state index in [0.29, 0.717) is 12.5 Å². The van der Waals surface area contributed by atoms with Crippen LogP contribution >= 0.6 is 0 Å². The molecule has 0 aromatic carbocycles. The van der Waals surface area contributed by atoms with Gasteiger partial charge in [-0.1, -0.05) is 19.4 Å². The van der Waals surface area contributed by atoms with Gasteiger partial charge in [-0.15, -0.1) is 6.58 Å². The molecular weight excluding hydrogens is 258 g/mol. The number of nitrogens with zero attached hydrogens (tertiary/aromatic N) is 3. The van der Waals surface area contributed by atoms with Gasteiger partial charge in [-0.2, -0.15) is 0 Å². The lowest BCUT2D eigenvalue weighted by Crippen LogP contribution is -2.64. The maximum absolute atomic E-state index is 12.1. The highest BCUT2D eigenvalue weighted by atomic mass is 16.2. The molecule has 0 aliphatic carbocycles. The monoisotopic (exact) mass is 279 g/mol. The molecule has 7 heteroatoms. The average Bonchev–Trinajstić information content (AvgIpc) is 2.79. The normalized spacial score (nSPS) is 27.4. The maximum Gasteiger partial charge on any atom is 0.325 e. The Morgan fingerprint density at radius 2 is 2.20 bits per heavy atom. The largest absolute Gasteiger partial charge is 0.333 e. The molecule has 0 spiro atoms. The summed E-state index contributed by atoms with van der Waals surface area (Å²) >= 11 is 0. The maximum atomic E-state index is 12.1. The number of urea groups is 1. The zero-order valence-corrected chi connectivity index (χ0v) is 11.9. The molecule has 2 unspecified atom stereocenters. The van der Waals surface area contributed by atoms with E-state index in [9.17, 15) is 9.59 Å². The Hall–Kier alpha value is -2.05. The molecule has 7 nitrogen and oxygen atoms in total. The van der Waals surface area contributed by atoms with Gasteiger partial charge in [0.2, 0.25) is 0 Å². The molecule has 3 amide bonds. The minimum Gasteiger partial charge on any atom is -0.333 e. The van der Waals surface area contributed by atoms with Crippen molar-refractivity contribution in [1.29, 1.82) is 0 Å². The summed E-state index contributed by atoms with van der Waals surface area (Å²) in [6.07, 6.45) is 3.32. The zero-order chi connectivity index (χ0) is 14.7. The lowest BCUT2D eigenvalue weighted by Gasteiger charge is -2.35. The smallest absolute Gasteiger partial charge is 0.325 e. The van der Waals surface area contributed by atoms with E-state index in [1.807, 2.05) is 4.90 Å². The van der Waals surface area contributed by atoms with Gasteiger partial charge in [-0.05, 0) is 6.42 Å². The Morgan fingerprint density at radius 3 is 2.85 bits per heavy atom. The van der Waals surface area contributed by atoms with Gasteiger partial charge in [0.15, 0.2) is 12.0 Å². The number of hydrogen-bond donors (Lipinski definition) is 2. The van der Waals surface area contributed by atoms with Crippen LogP contribution in [0, 0.1) is 0 Å². The standard InChI is InChI=1S/C13H21N5O2/c1-4-6-8-18-9-10(15-12(18)14-7-5-2)17(3)13(20)16-11(9)19/h5,9-10H,2,4,6-8H2,1,3H3,(H,14,15)(H,16,19,20). The predicted molar refractivity (Wildman–Crippen MR) is 76.1 cm³/mol. The molecule has 2 saturated heterocycles. The van der Waals surface area contributed by atoms with Crippen molar-refractivity contribution in [1.82, 2.24) is 20.4 Å². The Bertz CT molecular complexity index is 448. The molecule has 2 aliphatic heterocycles. The zero-order valence-electron chi connectivity index (χ0n) is 11.9. The van der Waals surface area contributed by atoms with E-state index in [2.05, 4.69) is 29.1 Å². The van der Waals surface area contributed by atoms with Gasteiger partial charge >= 0.3 is 6.03 Å². The quantitative estimate of drug-likeness (QED) is 0.700. The number of unbranched alkanes of at least 4 members (excludes halogenated alkanes) is 1. The minimum absolute atomic E-state index is 0.273. The van der Waals surface area contributed by atoms with Crippen LogP contribution < -0.4 is 10.6 Å². The Kier molecular flexibility index (Phi) is 4.26. The van der Waals surface area contributed by atoms with Crippen LogP contribution in [-0.4, -0.2) is 60.0 Å². The van der Waals surface area contributed by atoms with Crippen molar-refractivity contribution >= 4 is 17.9 Å². The average molecular weight is 279 g/mol. The molecule has 0 radical (unpaired) electrons. The van der Waals surface area contributed by atoms with Crippen molar-refractivity contribution in [3.8, 4) is 0 Å². The molecule has 110 valence electrons. The summed E-state index contributed by atoms with van der Waals surface area (Å²) in [5, 5.41) is 5.54. The Morgan fingerprint density at radius 1 is 1.45 bits per heavy atom. The van der Waals surface area contributed by atoms with Crippen molar-refractivity contribution in [3.63, 3.8) is 0 Å². The van der Waals surface area contributed by atoms with E-state index in [-0.39, 0.29) is 18.1 Å². The molecule has 2 atom stereocenters.